The van der Waals surface area contributed by atoms with Crippen molar-refractivity contribution in [3.63, 3.8) is 0 Å². The van der Waals surface area contributed by atoms with Crippen LogP contribution in [0.3, 0.4) is 0 Å². The normalized spacial score (nSPS) is 11.0. The summed E-state index contributed by atoms with van der Waals surface area (Å²) in [4.78, 5) is 4.46. The number of nitrogens with one attached hydrogen (secondary N) is 1. The molecule has 0 saturated carbocycles. The molecule has 0 spiro atoms. The fraction of sp³-hybridized carbons (Fsp3) is 0.200. The van der Waals surface area contributed by atoms with Crippen LogP contribution in [0.15, 0.2) is 59.6 Å². The van der Waals surface area contributed by atoms with E-state index in [-0.39, 0.29) is 24.0 Å². The summed E-state index contributed by atoms with van der Waals surface area (Å²) >= 11 is 0. The second-order valence-electron chi connectivity index (χ2n) is 5.96. The molecule has 0 fully saturated rings. The number of anilines is 1. The number of rotatable bonds is 5. The van der Waals surface area contributed by atoms with Crippen LogP contribution in [-0.2, 0) is 6.54 Å². The maximum absolute atomic E-state index is 6.03. The topological polar surface area (TPSA) is 77.5 Å². The van der Waals surface area contributed by atoms with Crippen molar-refractivity contribution in [3.05, 3.63) is 71.5 Å². The van der Waals surface area contributed by atoms with Crippen molar-refractivity contribution in [1.29, 1.82) is 0 Å². The van der Waals surface area contributed by atoms with Gasteiger partial charge in [-0.1, -0.05) is 24.3 Å². The number of hydrogen-bond donors (Lipinski definition) is 2. The van der Waals surface area contributed by atoms with Gasteiger partial charge in [-0.2, -0.15) is 5.10 Å². The molecule has 1 aromatic heterocycles. The van der Waals surface area contributed by atoms with Gasteiger partial charge in [0.15, 0.2) is 5.96 Å². The molecule has 2 aromatic carbocycles. The fourth-order valence-electron chi connectivity index (χ4n) is 2.78. The van der Waals surface area contributed by atoms with Crippen LogP contribution in [0, 0.1) is 13.8 Å². The van der Waals surface area contributed by atoms with E-state index in [1.165, 1.54) is 0 Å². The molecule has 0 aliphatic heterocycles. The molecule has 6 nitrogen and oxygen atoms in total. The number of aryl methyl sites for hydroxylation is 1. The number of para-hydroxylation sites is 1. The molecule has 7 heteroatoms. The van der Waals surface area contributed by atoms with Gasteiger partial charge in [-0.25, -0.2) is 9.67 Å². The summed E-state index contributed by atoms with van der Waals surface area (Å²) in [7, 11) is 1.63. The Hall–Kier alpha value is -2.55. The van der Waals surface area contributed by atoms with Crippen molar-refractivity contribution in [2.45, 2.75) is 20.4 Å². The monoisotopic (exact) mass is 477 g/mol. The molecule has 3 aromatic rings. The number of halogens is 1. The molecule has 1 heterocycles. The van der Waals surface area contributed by atoms with E-state index >= 15 is 0 Å². The number of benzene rings is 2. The van der Waals surface area contributed by atoms with Crippen molar-refractivity contribution in [2.75, 3.05) is 12.4 Å². The number of nitrogens with two attached hydrogens (primary N) is 1. The molecule has 0 radical (unpaired) electrons. The van der Waals surface area contributed by atoms with E-state index in [1.54, 1.807) is 7.11 Å². The average Bonchev–Trinajstić information content (AvgIpc) is 2.95. The first-order chi connectivity index (χ1) is 12.6. The Labute approximate surface area is 176 Å². The van der Waals surface area contributed by atoms with Gasteiger partial charge in [-0.05, 0) is 38.1 Å². The van der Waals surface area contributed by atoms with Crippen molar-refractivity contribution < 1.29 is 4.74 Å². The number of ether oxygens (including phenoxy) is 1. The summed E-state index contributed by atoms with van der Waals surface area (Å²) < 4.78 is 7.15. The number of nitrogens with zero attached hydrogens (tertiary/aromatic N) is 3. The summed E-state index contributed by atoms with van der Waals surface area (Å²) in [5, 5.41) is 7.72. The van der Waals surface area contributed by atoms with Crippen LogP contribution in [0.5, 0.6) is 5.75 Å². The van der Waals surface area contributed by atoms with Crippen molar-refractivity contribution >= 4 is 35.6 Å². The first-order valence-electron chi connectivity index (χ1n) is 8.40. The van der Waals surface area contributed by atoms with Crippen molar-refractivity contribution in [1.82, 2.24) is 9.78 Å². The lowest BCUT2D eigenvalue weighted by Crippen LogP contribution is -2.22. The first-order valence-corrected chi connectivity index (χ1v) is 8.40. The molecule has 142 valence electrons. The Morgan fingerprint density at radius 1 is 1.15 bits per heavy atom. The van der Waals surface area contributed by atoms with E-state index in [0.717, 1.165) is 34.1 Å². The largest absolute Gasteiger partial charge is 0.497 e. The summed E-state index contributed by atoms with van der Waals surface area (Å²) in [6.45, 7) is 4.50. The molecule has 0 atom stereocenters. The van der Waals surface area contributed by atoms with Gasteiger partial charge in [0.2, 0.25) is 0 Å². The Bertz CT molecular complexity index is 921. The molecule has 27 heavy (non-hydrogen) atoms. The quantitative estimate of drug-likeness (QED) is 0.331. The zero-order chi connectivity index (χ0) is 18.5. The van der Waals surface area contributed by atoms with Gasteiger partial charge in [0.25, 0.3) is 0 Å². The highest BCUT2D eigenvalue weighted by molar-refractivity contribution is 14.0. The molecule has 0 unspecified atom stereocenters. The van der Waals surface area contributed by atoms with Crippen LogP contribution in [0.1, 0.15) is 17.0 Å². The minimum Gasteiger partial charge on any atom is -0.497 e. The summed E-state index contributed by atoms with van der Waals surface area (Å²) in [6.07, 6.45) is 0. The number of hydrogen-bond acceptors (Lipinski definition) is 3. The van der Waals surface area contributed by atoms with Gasteiger partial charge >= 0.3 is 0 Å². The van der Waals surface area contributed by atoms with Gasteiger partial charge in [0.1, 0.15) is 5.75 Å². The third kappa shape index (κ3) is 5.00. The van der Waals surface area contributed by atoms with E-state index in [4.69, 9.17) is 10.5 Å². The van der Waals surface area contributed by atoms with E-state index in [0.29, 0.717) is 12.5 Å². The zero-order valence-corrected chi connectivity index (χ0v) is 18.0. The van der Waals surface area contributed by atoms with Gasteiger partial charge in [0.05, 0.1) is 25.0 Å². The Morgan fingerprint density at radius 2 is 1.89 bits per heavy atom. The number of aromatic nitrogens is 2. The predicted molar refractivity (Wildman–Crippen MR) is 120 cm³/mol. The molecule has 3 rings (SSSR count). The zero-order valence-electron chi connectivity index (χ0n) is 15.6. The maximum atomic E-state index is 6.03. The lowest BCUT2D eigenvalue weighted by Gasteiger charge is -2.08. The summed E-state index contributed by atoms with van der Waals surface area (Å²) in [5.74, 6) is 1.11. The van der Waals surface area contributed by atoms with Crippen molar-refractivity contribution in [3.8, 4) is 11.4 Å². The second kappa shape index (κ2) is 9.40. The molecular formula is C20H24IN5O. The van der Waals surface area contributed by atoms with E-state index in [9.17, 15) is 0 Å². The third-order valence-electron chi connectivity index (χ3n) is 4.19. The van der Waals surface area contributed by atoms with Gasteiger partial charge in [-0.15, -0.1) is 24.0 Å². The van der Waals surface area contributed by atoms with Crippen LogP contribution < -0.4 is 15.8 Å². The van der Waals surface area contributed by atoms with E-state index in [2.05, 4.69) is 15.4 Å². The smallest absolute Gasteiger partial charge is 0.193 e. The maximum Gasteiger partial charge on any atom is 0.193 e. The molecule has 3 N–H and O–H groups in total. The Balaban J connectivity index is 0.00000261. The Kier molecular flexibility index (Phi) is 7.23. The fourth-order valence-corrected chi connectivity index (χ4v) is 2.78. The number of guanidine groups is 1. The van der Waals surface area contributed by atoms with E-state index in [1.807, 2.05) is 73.1 Å². The predicted octanol–water partition coefficient (Wildman–Crippen LogP) is 4.04. The summed E-state index contributed by atoms with van der Waals surface area (Å²) in [5.41, 5.74) is 11.0. The van der Waals surface area contributed by atoms with Crippen LogP contribution in [-0.4, -0.2) is 22.8 Å². The highest BCUT2D eigenvalue weighted by Gasteiger charge is 2.12. The minimum atomic E-state index is 0. The van der Waals surface area contributed by atoms with Crippen LogP contribution in [0.25, 0.3) is 5.69 Å². The van der Waals surface area contributed by atoms with Gasteiger partial charge < -0.3 is 15.8 Å². The minimum absolute atomic E-state index is 0. The number of methoxy groups -OCH3 is 1. The molecule has 0 amide bonds. The second-order valence-corrected chi connectivity index (χ2v) is 5.96. The standard InChI is InChI=1S/C20H23N5O.HI/c1-14-19(15(2)25(24-14)17-9-5-4-6-10-17)13-22-20(21)23-16-8-7-11-18(12-16)26-3;/h4-12H,13H2,1-3H3,(H3,21,22,23);1H. The summed E-state index contributed by atoms with van der Waals surface area (Å²) in [6, 6.07) is 17.6. The van der Waals surface area contributed by atoms with Crippen molar-refractivity contribution in [2.24, 2.45) is 10.7 Å². The Morgan fingerprint density at radius 3 is 2.59 bits per heavy atom. The SMILES string of the molecule is COc1cccc(NC(N)=NCc2c(C)nn(-c3ccccc3)c2C)c1.I. The van der Waals surface area contributed by atoms with Gasteiger partial charge in [0, 0.05) is 23.0 Å². The molecule has 0 saturated heterocycles. The van der Waals surface area contributed by atoms with Crippen LogP contribution in [0.2, 0.25) is 0 Å². The lowest BCUT2D eigenvalue weighted by atomic mass is 10.2. The third-order valence-corrected chi connectivity index (χ3v) is 4.19. The molecule has 0 aliphatic rings. The first kappa shape index (κ1) is 20.8. The van der Waals surface area contributed by atoms with Crippen LogP contribution >= 0.6 is 24.0 Å². The van der Waals surface area contributed by atoms with Crippen LogP contribution in [0.4, 0.5) is 5.69 Å². The highest BCUT2D eigenvalue weighted by atomic mass is 127. The highest BCUT2D eigenvalue weighted by Crippen LogP contribution is 2.19. The van der Waals surface area contributed by atoms with E-state index < -0.39 is 0 Å². The number of aliphatic imine (C=N–C) groups is 1. The molecule has 0 bridgehead atoms. The molecular weight excluding hydrogens is 453 g/mol. The molecule has 0 aliphatic carbocycles. The van der Waals surface area contributed by atoms with Gasteiger partial charge in [-0.3, -0.25) is 0 Å². The average molecular weight is 477 g/mol. The lowest BCUT2D eigenvalue weighted by molar-refractivity contribution is 0.415.